The molecule has 0 fully saturated rings. The van der Waals surface area contributed by atoms with E-state index in [0.717, 1.165) is 12.1 Å². The van der Waals surface area contributed by atoms with E-state index in [-0.39, 0.29) is 16.5 Å². The number of alkyl halides is 3. The second kappa shape index (κ2) is 4.26. The van der Waals surface area contributed by atoms with Gasteiger partial charge in [-0.3, -0.25) is 0 Å². The molecular weight excluding hydrogens is 279 g/mol. The van der Waals surface area contributed by atoms with Crippen molar-refractivity contribution in [1.29, 1.82) is 0 Å². The number of carbonyl (C=O) groups is 2. The first-order chi connectivity index (χ1) is 9.12. The highest BCUT2D eigenvalue weighted by molar-refractivity contribution is 6.00. The topological polar surface area (TPSA) is 79.5 Å². The molecular formula is C12H8F3NO4. The van der Waals surface area contributed by atoms with Gasteiger partial charge in [0.25, 0.3) is 0 Å². The Morgan fingerprint density at radius 1 is 1.15 bits per heavy atom. The molecule has 2 aromatic rings. The molecule has 1 aromatic carbocycles. The highest BCUT2D eigenvalue weighted by Gasteiger charge is 2.33. The van der Waals surface area contributed by atoms with Gasteiger partial charge in [-0.25, -0.2) is 14.2 Å². The van der Waals surface area contributed by atoms with Crippen molar-refractivity contribution in [2.75, 3.05) is 0 Å². The fraction of sp³-hybridized carbons (Fsp3) is 0.167. The zero-order valence-electron chi connectivity index (χ0n) is 10.0. The van der Waals surface area contributed by atoms with Crippen LogP contribution in [0.1, 0.15) is 21.6 Å². The van der Waals surface area contributed by atoms with Gasteiger partial charge >= 0.3 is 18.2 Å². The minimum Gasteiger partial charge on any atom is -0.477 e. The molecule has 8 heteroatoms. The average Bonchev–Trinajstić information content (AvgIpc) is 2.64. The molecule has 0 unspecified atom stereocenters. The van der Waals surface area contributed by atoms with Gasteiger partial charge in [0.15, 0.2) is 0 Å². The molecule has 0 bridgehead atoms. The molecule has 0 aliphatic rings. The van der Waals surface area contributed by atoms with Crippen molar-refractivity contribution in [1.82, 2.24) is 4.57 Å². The molecule has 0 aliphatic heterocycles. The van der Waals surface area contributed by atoms with Crippen LogP contribution in [0, 0.1) is 6.92 Å². The van der Waals surface area contributed by atoms with Crippen LogP contribution in [0.25, 0.3) is 10.9 Å². The van der Waals surface area contributed by atoms with Gasteiger partial charge in [0, 0.05) is 5.39 Å². The van der Waals surface area contributed by atoms with Crippen LogP contribution in [0.15, 0.2) is 18.2 Å². The second-order valence-electron chi connectivity index (χ2n) is 4.18. The number of aryl methyl sites for hydroxylation is 1. The summed E-state index contributed by atoms with van der Waals surface area (Å²) in [5.41, 5.74) is -2.02. The lowest BCUT2D eigenvalue weighted by atomic mass is 10.1. The van der Waals surface area contributed by atoms with Crippen molar-refractivity contribution in [2.45, 2.75) is 13.1 Å². The number of carboxylic acids is 1. The Morgan fingerprint density at radius 3 is 2.20 bits per heavy atom. The number of fused-ring (bicyclic) bond motifs is 1. The van der Waals surface area contributed by atoms with E-state index in [1.807, 2.05) is 0 Å². The first-order valence-electron chi connectivity index (χ1n) is 5.33. The van der Waals surface area contributed by atoms with Crippen LogP contribution in [-0.4, -0.2) is 26.8 Å². The third-order valence-electron chi connectivity index (χ3n) is 2.86. The lowest BCUT2D eigenvalue weighted by Gasteiger charge is -2.11. The van der Waals surface area contributed by atoms with Crippen molar-refractivity contribution < 1.29 is 33.0 Å². The van der Waals surface area contributed by atoms with Gasteiger partial charge in [-0.15, -0.1) is 0 Å². The summed E-state index contributed by atoms with van der Waals surface area (Å²) in [4.78, 5) is 22.0. The van der Waals surface area contributed by atoms with Gasteiger partial charge in [-0.1, -0.05) is 0 Å². The molecule has 0 radical (unpaired) electrons. The maximum Gasteiger partial charge on any atom is 0.416 e. The Bertz CT molecular complexity index is 730. The minimum absolute atomic E-state index is 0.107. The Balaban J connectivity index is 2.89. The summed E-state index contributed by atoms with van der Waals surface area (Å²) < 4.78 is 38.7. The van der Waals surface area contributed by atoms with Crippen LogP contribution in [-0.2, 0) is 6.18 Å². The summed E-state index contributed by atoms with van der Waals surface area (Å²) in [6.45, 7) is 1.22. The number of carboxylic acid groups (broad SMARTS) is 2. The zero-order valence-corrected chi connectivity index (χ0v) is 10.0. The lowest BCUT2D eigenvalue weighted by molar-refractivity contribution is -0.137. The van der Waals surface area contributed by atoms with E-state index in [0.29, 0.717) is 10.6 Å². The number of halogens is 3. The molecule has 0 aliphatic carbocycles. The monoisotopic (exact) mass is 287 g/mol. The molecule has 0 amide bonds. The molecule has 0 spiro atoms. The van der Waals surface area contributed by atoms with Crippen LogP contribution in [0.2, 0.25) is 0 Å². The van der Waals surface area contributed by atoms with E-state index in [9.17, 15) is 22.8 Å². The predicted octanol–water partition coefficient (Wildman–Crippen LogP) is 3.19. The van der Waals surface area contributed by atoms with Crippen LogP contribution in [0.4, 0.5) is 18.0 Å². The molecule has 20 heavy (non-hydrogen) atoms. The van der Waals surface area contributed by atoms with Crippen LogP contribution in [0.3, 0.4) is 0 Å². The highest BCUT2D eigenvalue weighted by atomic mass is 19.4. The van der Waals surface area contributed by atoms with Crippen LogP contribution >= 0.6 is 0 Å². The summed E-state index contributed by atoms with van der Waals surface area (Å²) in [7, 11) is 0. The van der Waals surface area contributed by atoms with Crippen molar-refractivity contribution in [3.05, 3.63) is 35.0 Å². The summed E-state index contributed by atoms with van der Waals surface area (Å²) in [5.74, 6) is -1.53. The number of aromatic carboxylic acids is 1. The standard InChI is InChI=1S/C12H8F3NO4/c1-5-2-6-3-9(10(17)18)16(11(19)20)8(6)4-7(5)12(13,14)15/h2-4H,1H3,(H,17,18)(H,19,20). The Kier molecular flexibility index (Phi) is 2.96. The van der Waals surface area contributed by atoms with Gasteiger partial charge in [0.1, 0.15) is 5.69 Å². The summed E-state index contributed by atoms with van der Waals surface area (Å²) >= 11 is 0. The van der Waals surface area contributed by atoms with Crippen molar-refractivity contribution in [3.8, 4) is 0 Å². The van der Waals surface area contributed by atoms with Crippen molar-refractivity contribution in [3.63, 3.8) is 0 Å². The van der Waals surface area contributed by atoms with E-state index in [1.54, 1.807) is 0 Å². The molecule has 5 nitrogen and oxygen atoms in total. The number of rotatable bonds is 1. The number of nitrogens with zero attached hydrogens (tertiary/aromatic N) is 1. The Labute approximate surface area is 109 Å². The molecule has 1 aromatic heterocycles. The zero-order chi connectivity index (χ0) is 15.2. The maximum atomic E-state index is 12.8. The molecule has 0 atom stereocenters. The van der Waals surface area contributed by atoms with Crippen LogP contribution < -0.4 is 0 Å². The third-order valence-corrected chi connectivity index (χ3v) is 2.86. The van der Waals surface area contributed by atoms with Crippen LogP contribution in [0.5, 0.6) is 0 Å². The molecule has 2 N–H and O–H groups in total. The Hall–Kier alpha value is -2.51. The second-order valence-corrected chi connectivity index (χ2v) is 4.18. The number of aromatic nitrogens is 1. The van der Waals surface area contributed by atoms with Gasteiger partial charge in [-0.05, 0) is 30.7 Å². The summed E-state index contributed by atoms with van der Waals surface area (Å²) in [5, 5.41) is 18.0. The maximum absolute atomic E-state index is 12.8. The SMILES string of the molecule is Cc1cc2cc(C(=O)O)n(C(=O)O)c2cc1C(F)(F)F. The average molecular weight is 287 g/mol. The Morgan fingerprint density at radius 2 is 1.75 bits per heavy atom. The molecule has 0 saturated heterocycles. The van der Waals surface area contributed by atoms with Crippen molar-refractivity contribution >= 4 is 23.0 Å². The smallest absolute Gasteiger partial charge is 0.416 e. The fourth-order valence-corrected chi connectivity index (χ4v) is 2.04. The van der Waals surface area contributed by atoms with Gasteiger partial charge < -0.3 is 10.2 Å². The normalized spacial score (nSPS) is 11.8. The molecule has 106 valence electrons. The third kappa shape index (κ3) is 2.09. The number of benzene rings is 1. The van der Waals surface area contributed by atoms with E-state index in [4.69, 9.17) is 10.2 Å². The number of hydrogen-bond donors (Lipinski definition) is 2. The lowest BCUT2D eigenvalue weighted by Crippen LogP contribution is -2.15. The largest absolute Gasteiger partial charge is 0.477 e. The van der Waals surface area contributed by atoms with E-state index >= 15 is 0 Å². The summed E-state index contributed by atoms with van der Waals surface area (Å²) in [6, 6.07) is 2.79. The first kappa shape index (κ1) is 13.9. The quantitative estimate of drug-likeness (QED) is 0.844. The van der Waals surface area contributed by atoms with Crippen molar-refractivity contribution in [2.24, 2.45) is 0 Å². The molecule has 0 saturated carbocycles. The number of hydrogen-bond acceptors (Lipinski definition) is 2. The minimum atomic E-state index is -4.64. The highest BCUT2D eigenvalue weighted by Crippen LogP contribution is 2.35. The van der Waals surface area contributed by atoms with Gasteiger partial charge in [0.2, 0.25) is 0 Å². The molecule has 2 rings (SSSR count). The van der Waals surface area contributed by atoms with Gasteiger partial charge in [-0.2, -0.15) is 13.2 Å². The predicted molar refractivity (Wildman–Crippen MR) is 62.1 cm³/mol. The fourth-order valence-electron chi connectivity index (χ4n) is 2.04. The van der Waals surface area contributed by atoms with Gasteiger partial charge in [0.05, 0.1) is 11.1 Å². The first-order valence-corrected chi connectivity index (χ1v) is 5.33. The van der Waals surface area contributed by atoms with E-state index < -0.39 is 29.5 Å². The molecule has 1 heterocycles. The van der Waals surface area contributed by atoms with E-state index in [2.05, 4.69) is 0 Å². The van der Waals surface area contributed by atoms with E-state index in [1.165, 1.54) is 6.92 Å². The summed E-state index contributed by atoms with van der Waals surface area (Å²) in [6.07, 6.45) is -6.30.